The van der Waals surface area contributed by atoms with E-state index < -0.39 is 41.3 Å². The maximum atomic E-state index is 13.5. The van der Waals surface area contributed by atoms with Crippen LogP contribution in [0.1, 0.15) is 51.5 Å². The highest BCUT2D eigenvalue weighted by Crippen LogP contribution is 2.24. The number of Topliss-reactive ketones (excluding diaryl/α,β-unsaturated/α-hetero) is 1. The lowest BCUT2D eigenvalue weighted by Crippen LogP contribution is -2.47. The number of benzene rings is 1. The molecule has 0 saturated carbocycles. The Kier molecular flexibility index (Phi) is 6.99. The van der Waals surface area contributed by atoms with E-state index in [1.54, 1.807) is 34.7 Å². The lowest BCUT2D eigenvalue weighted by molar-refractivity contribution is -0.142. The molecule has 1 aromatic heterocycles. The molecule has 0 saturated heterocycles. The van der Waals surface area contributed by atoms with Crippen molar-refractivity contribution in [3.8, 4) is 0 Å². The second-order valence-electron chi connectivity index (χ2n) is 7.77. The van der Waals surface area contributed by atoms with Crippen molar-refractivity contribution >= 4 is 29.3 Å². The van der Waals surface area contributed by atoms with Crippen molar-refractivity contribution in [2.24, 2.45) is 13.0 Å². The normalized spacial score (nSPS) is 11.9. The molecule has 1 atom stereocenters. The number of ketones is 1. The van der Waals surface area contributed by atoms with Gasteiger partial charge in [-0.2, -0.15) is 0 Å². The summed E-state index contributed by atoms with van der Waals surface area (Å²) in [5.41, 5.74) is 1.68. The maximum absolute atomic E-state index is 13.5. The Morgan fingerprint density at radius 2 is 1.71 bits per heavy atom. The topological polar surface area (TPSA) is 118 Å². The molecule has 166 valence electrons. The number of nitrogens with one attached hydrogen (secondary N) is 2. The quantitative estimate of drug-likeness (QED) is 0.460. The first-order valence-corrected chi connectivity index (χ1v) is 9.68. The van der Waals surface area contributed by atoms with Crippen LogP contribution in [0.25, 0.3) is 0 Å². The summed E-state index contributed by atoms with van der Waals surface area (Å²) in [6, 6.07) is 2.93. The number of hydrogen-bond donors (Lipinski definition) is 3. The summed E-state index contributed by atoms with van der Waals surface area (Å²) in [7, 11) is 1.54. The van der Waals surface area contributed by atoms with Crippen LogP contribution in [0.3, 0.4) is 0 Å². The van der Waals surface area contributed by atoms with Crippen LogP contribution in [0.2, 0.25) is 0 Å². The standard InChI is InChI=1S/C22H26FN3O5/c1-10(2)17(22(30)31)25-21(29)19(27)18-12(4)16(13(5)26(18)6)20(28)24-14-7-8-15(23)11(3)9-14/h7-10,17H,1-6H3,(H,24,28)(H,25,29)(H,30,31). The monoisotopic (exact) mass is 431 g/mol. The van der Waals surface area contributed by atoms with Crippen LogP contribution in [-0.4, -0.2) is 39.3 Å². The van der Waals surface area contributed by atoms with Gasteiger partial charge in [0.2, 0.25) is 0 Å². The van der Waals surface area contributed by atoms with Crippen molar-refractivity contribution in [2.45, 2.75) is 40.7 Å². The fourth-order valence-corrected chi connectivity index (χ4v) is 3.38. The van der Waals surface area contributed by atoms with Gasteiger partial charge in [0.15, 0.2) is 0 Å². The molecule has 0 aliphatic rings. The van der Waals surface area contributed by atoms with Crippen molar-refractivity contribution in [3.05, 3.63) is 52.1 Å². The summed E-state index contributed by atoms with van der Waals surface area (Å²) in [4.78, 5) is 49.4. The van der Waals surface area contributed by atoms with Gasteiger partial charge < -0.3 is 20.3 Å². The van der Waals surface area contributed by atoms with Gasteiger partial charge in [-0.25, -0.2) is 9.18 Å². The van der Waals surface area contributed by atoms with Crippen LogP contribution in [0.15, 0.2) is 18.2 Å². The third-order valence-electron chi connectivity index (χ3n) is 5.21. The van der Waals surface area contributed by atoms with Gasteiger partial charge in [-0.05, 0) is 56.0 Å². The minimum atomic E-state index is -1.24. The van der Waals surface area contributed by atoms with E-state index in [1.165, 1.54) is 29.7 Å². The van der Waals surface area contributed by atoms with E-state index >= 15 is 0 Å². The summed E-state index contributed by atoms with van der Waals surface area (Å²) in [6.45, 7) is 7.96. The Morgan fingerprint density at radius 3 is 2.23 bits per heavy atom. The Balaban J connectivity index is 2.35. The second-order valence-corrected chi connectivity index (χ2v) is 7.77. The Morgan fingerprint density at radius 1 is 1.10 bits per heavy atom. The van der Waals surface area contributed by atoms with Gasteiger partial charge in [-0.3, -0.25) is 14.4 Å². The molecule has 1 aromatic carbocycles. The van der Waals surface area contributed by atoms with E-state index in [2.05, 4.69) is 10.6 Å². The minimum absolute atomic E-state index is 0.0108. The zero-order valence-electron chi connectivity index (χ0n) is 18.3. The molecule has 2 amide bonds. The number of carboxylic acid groups (broad SMARTS) is 1. The fourth-order valence-electron chi connectivity index (χ4n) is 3.38. The van der Waals surface area contributed by atoms with E-state index in [-0.39, 0.29) is 16.8 Å². The number of carboxylic acids is 1. The average Bonchev–Trinajstić information content (AvgIpc) is 2.90. The van der Waals surface area contributed by atoms with Gasteiger partial charge >= 0.3 is 5.97 Å². The molecule has 1 unspecified atom stereocenters. The van der Waals surface area contributed by atoms with Crippen LogP contribution in [0.4, 0.5) is 10.1 Å². The summed E-state index contributed by atoms with van der Waals surface area (Å²) in [6.07, 6.45) is 0. The number of aromatic nitrogens is 1. The third-order valence-corrected chi connectivity index (χ3v) is 5.21. The lowest BCUT2D eigenvalue weighted by Gasteiger charge is -2.17. The molecule has 9 heteroatoms. The number of aliphatic carboxylic acids is 1. The van der Waals surface area contributed by atoms with Crippen molar-refractivity contribution in [2.75, 3.05) is 5.32 Å². The maximum Gasteiger partial charge on any atom is 0.326 e. The van der Waals surface area contributed by atoms with Crippen LogP contribution >= 0.6 is 0 Å². The number of carbonyl (C=O) groups excluding carboxylic acids is 3. The number of amides is 2. The fraction of sp³-hybridized carbons (Fsp3) is 0.364. The third kappa shape index (κ3) is 4.82. The molecule has 0 aliphatic heterocycles. The predicted octanol–water partition coefficient (Wildman–Crippen LogP) is 2.75. The van der Waals surface area contributed by atoms with Crippen LogP contribution in [0.5, 0.6) is 0 Å². The smallest absolute Gasteiger partial charge is 0.326 e. The highest BCUT2D eigenvalue weighted by atomic mass is 19.1. The molecule has 1 heterocycles. The van der Waals surface area contributed by atoms with E-state index in [4.69, 9.17) is 0 Å². The van der Waals surface area contributed by atoms with Crippen LogP contribution in [0, 0.1) is 32.5 Å². The van der Waals surface area contributed by atoms with Gasteiger partial charge in [0.25, 0.3) is 17.6 Å². The molecular weight excluding hydrogens is 405 g/mol. The summed E-state index contributed by atoms with van der Waals surface area (Å²) < 4.78 is 14.9. The van der Waals surface area contributed by atoms with Crippen LogP contribution in [-0.2, 0) is 16.6 Å². The average molecular weight is 431 g/mol. The van der Waals surface area contributed by atoms with Crippen LogP contribution < -0.4 is 10.6 Å². The van der Waals surface area contributed by atoms with E-state index in [9.17, 15) is 28.7 Å². The number of anilines is 1. The first-order chi connectivity index (χ1) is 14.4. The molecule has 2 rings (SSSR count). The van der Waals surface area contributed by atoms with Gasteiger partial charge in [0.1, 0.15) is 11.9 Å². The number of aryl methyl sites for hydroxylation is 1. The SMILES string of the molecule is Cc1cc(NC(=O)c2c(C)c(C(=O)C(=O)NC(C(=O)O)C(C)C)n(C)c2C)ccc1F. The molecule has 0 aliphatic carbocycles. The Bertz CT molecular complexity index is 1070. The number of nitrogens with zero attached hydrogens (tertiary/aromatic N) is 1. The summed E-state index contributed by atoms with van der Waals surface area (Å²) >= 11 is 0. The predicted molar refractivity (Wildman–Crippen MR) is 113 cm³/mol. The molecule has 8 nitrogen and oxygen atoms in total. The van der Waals surface area contributed by atoms with Gasteiger partial charge in [-0.1, -0.05) is 13.8 Å². The molecule has 31 heavy (non-hydrogen) atoms. The van der Waals surface area contributed by atoms with E-state index in [0.717, 1.165) is 0 Å². The highest BCUT2D eigenvalue weighted by Gasteiger charge is 2.31. The second kappa shape index (κ2) is 9.11. The first kappa shape index (κ1) is 23.8. The molecule has 0 bridgehead atoms. The minimum Gasteiger partial charge on any atom is -0.480 e. The molecular formula is C22H26FN3O5. The van der Waals surface area contributed by atoms with Gasteiger partial charge in [-0.15, -0.1) is 0 Å². The summed E-state index contributed by atoms with van der Waals surface area (Å²) in [5.74, 6) is -4.58. The number of halogens is 1. The molecule has 0 fully saturated rings. The van der Waals surface area contributed by atoms with E-state index in [0.29, 0.717) is 16.9 Å². The van der Waals surface area contributed by atoms with Gasteiger partial charge in [0.05, 0.1) is 11.3 Å². The Hall–Kier alpha value is -3.49. The zero-order chi connectivity index (χ0) is 23.6. The number of hydrogen-bond acceptors (Lipinski definition) is 4. The zero-order valence-corrected chi connectivity index (χ0v) is 18.3. The van der Waals surface area contributed by atoms with Crippen molar-refractivity contribution in [1.29, 1.82) is 0 Å². The largest absolute Gasteiger partial charge is 0.480 e. The summed E-state index contributed by atoms with van der Waals surface area (Å²) in [5, 5.41) is 14.2. The van der Waals surface area contributed by atoms with Crippen molar-refractivity contribution in [1.82, 2.24) is 9.88 Å². The number of carbonyl (C=O) groups is 4. The van der Waals surface area contributed by atoms with Gasteiger partial charge in [0, 0.05) is 18.4 Å². The number of rotatable bonds is 7. The van der Waals surface area contributed by atoms with E-state index in [1.807, 2.05) is 0 Å². The Labute approximate surface area is 179 Å². The molecule has 2 aromatic rings. The first-order valence-electron chi connectivity index (χ1n) is 9.68. The molecule has 3 N–H and O–H groups in total. The van der Waals surface area contributed by atoms with Crippen molar-refractivity contribution < 1.29 is 28.7 Å². The van der Waals surface area contributed by atoms with Crippen molar-refractivity contribution in [3.63, 3.8) is 0 Å². The lowest BCUT2D eigenvalue weighted by atomic mass is 10.0. The molecule has 0 radical (unpaired) electrons. The molecule has 0 spiro atoms. The highest BCUT2D eigenvalue weighted by molar-refractivity contribution is 6.43.